The number of nitrogens with zero attached hydrogens (tertiary/aromatic N) is 3. The third-order valence-corrected chi connectivity index (χ3v) is 3.75. The molecule has 0 aromatic heterocycles. The number of carbonyl (C=O) groups excluding carboxylic acids is 1. The van der Waals surface area contributed by atoms with Gasteiger partial charge in [-0.1, -0.05) is 0 Å². The fraction of sp³-hybridized carbons (Fsp3) is 0.929. The molecule has 20 heavy (non-hydrogen) atoms. The summed E-state index contributed by atoms with van der Waals surface area (Å²) >= 11 is 0. The van der Waals surface area contributed by atoms with E-state index in [2.05, 4.69) is 17.3 Å². The molecule has 0 spiro atoms. The van der Waals surface area contributed by atoms with Gasteiger partial charge in [0.2, 0.25) is 0 Å². The van der Waals surface area contributed by atoms with E-state index >= 15 is 0 Å². The quantitative estimate of drug-likeness (QED) is 0.731. The molecule has 1 rings (SSSR count). The van der Waals surface area contributed by atoms with E-state index in [-0.39, 0.29) is 6.03 Å². The van der Waals surface area contributed by atoms with Gasteiger partial charge in [0.05, 0.1) is 6.61 Å². The number of likely N-dealkylation sites (tertiary alicyclic amines) is 1. The van der Waals surface area contributed by atoms with Crippen LogP contribution in [0.1, 0.15) is 12.8 Å². The minimum Gasteiger partial charge on any atom is -0.383 e. The summed E-state index contributed by atoms with van der Waals surface area (Å²) in [4.78, 5) is 17.7. The summed E-state index contributed by atoms with van der Waals surface area (Å²) in [5.41, 5.74) is 0. The number of hydrogen-bond donors (Lipinski definition) is 1. The number of urea groups is 1. The van der Waals surface area contributed by atoms with Gasteiger partial charge in [-0.25, -0.2) is 4.79 Å². The van der Waals surface area contributed by atoms with Crippen molar-refractivity contribution in [3.8, 4) is 0 Å². The van der Waals surface area contributed by atoms with E-state index < -0.39 is 0 Å². The first kappa shape index (κ1) is 17.2. The normalized spacial score (nSPS) is 16.8. The summed E-state index contributed by atoms with van der Waals surface area (Å²) in [5, 5.41) is 3.58. The topological polar surface area (TPSA) is 48.1 Å². The summed E-state index contributed by atoms with van der Waals surface area (Å²) in [6, 6.07) is 0.666. The Hall–Kier alpha value is -0.850. The average Bonchev–Trinajstić information content (AvgIpc) is 2.45. The maximum atomic E-state index is 11.8. The number of methoxy groups -OCH3 is 1. The number of amides is 2. The highest BCUT2D eigenvalue weighted by molar-refractivity contribution is 5.73. The molecule has 6 nitrogen and oxygen atoms in total. The Labute approximate surface area is 123 Å². The van der Waals surface area contributed by atoms with E-state index in [4.69, 9.17) is 4.74 Å². The van der Waals surface area contributed by atoms with Crippen LogP contribution in [0, 0.1) is 0 Å². The van der Waals surface area contributed by atoms with Gasteiger partial charge in [0, 0.05) is 60.0 Å². The Morgan fingerprint density at radius 3 is 2.45 bits per heavy atom. The highest BCUT2D eigenvalue weighted by Crippen LogP contribution is 2.11. The molecule has 1 saturated heterocycles. The minimum atomic E-state index is 0.128. The lowest BCUT2D eigenvalue weighted by Crippen LogP contribution is -2.48. The van der Waals surface area contributed by atoms with Crippen molar-refractivity contribution in [2.75, 3.05) is 67.6 Å². The van der Waals surface area contributed by atoms with Gasteiger partial charge in [0.25, 0.3) is 0 Å². The lowest BCUT2D eigenvalue weighted by molar-refractivity contribution is 0.149. The molecule has 0 bridgehead atoms. The van der Waals surface area contributed by atoms with Crippen molar-refractivity contribution in [1.82, 2.24) is 20.0 Å². The van der Waals surface area contributed by atoms with Gasteiger partial charge in [-0.2, -0.15) is 0 Å². The van der Waals surface area contributed by atoms with E-state index in [0.717, 1.165) is 52.2 Å². The lowest BCUT2D eigenvalue weighted by atomic mass is 10.1. The van der Waals surface area contributed by atoms with Crippen LogP contribution in [0.4, 0.5) is 4.79 Å². The van der Waals surface area contributed by atoms with Gasteiger partial charge in [-0.3, -0.25) is 0 Å². The first-order valence-electron chi connectivity index (χ1n) is 7.41. The van der Waals surface area contributed by atoms with Crippen molar-refractivity contribution >= 4 is 6.03 Å². The van der Waals surface area contributed by atoms with Crippen molar-refractivity contribution < 1.29 is 9.53 Å². The number of piperidine rings is 1. The zero-order valence-corrected chi connectivity index (χ0v) is 13.4. The van der Waals surface area contributed by atoms with Crippen molar-refractivity contribution in [2.24, 2.45) is 0 Å². The van der Waals surface area contributed by atoms with E-state index in [1.54, 1.807) is 12.0 Å². The lowest BCUT2D eigenvalue weighted by Gasteiger charge is -2.34. The van der Waals surface area contributed by atoms with Crippen molar-refractivity contribution in [2.45, 2.75) is 18.9 Å². The van der Waals surface area contributed by atoms with Crippen molar-refractivity contribution in [1.29, 1.82) is 0 Å². The third kappa shape index (κ3) is 6.07. The summed E-state index contributed by atoms with van der Waals surface area (Å²) in [6.07, 6.45) is 2.09. The van der Waals surface area contributed by atoms with Crippen molar-refractivity contribution in [3.05, 3.63) is 0 Å². The molecule has 1 aliphatic rings. The largest absolute Gasteiger partial charge is 0.383 e. The smallest absolute Gasteiger partial charge is 0.319 e. The van der Waals surface area contributed by atoms with Crippen LogP contribution in [0.25, 0.3) is 0 Å². The number of ether oxygens (including phenoxy) is 1. The van der Waals surface area contributed by atoms with E-state index in [9.17, 15) is 4.79 Å². The van der Waals surface area contributed by atoms with Gasteiger partial charge < -0.3 is 24.8 Å². The average molecular weight is 286 g/mol. The molecule has 1 heterocycles. The van der Waals surface area contributed by atoms with Crippen LogP contribution in [0.5, 0.6) is 0 Å². The Kier molecular flexibility index (Phi) is 7.87. The first-order chi connectivity index (χ1) is 9.54. The molecule has 1 fully saturated rings. The highest BCUT2D eigenvalue weighted by Gasteiger charge is 2.23. The molecule has 1 N–H and O–H groups in total. The van der Waals surface area contributed by atoms with Crippen LogP contribution < -0.4 is 5.32 Å². The molecule has 0 saturated carbocycles. The standard InChI is InChI=1S/C14H30N4O2/c1-16(2)14(19)18-8-5-13(6-9-18)15-7-10-17(3)11-12-20-4/h13,15H,5-12H2,1-4H3. The molecule has 0 aliphatic carbocycles. The molecule has 0 aromatic rings. The SMILES string of the molecule is COCCN(C)CCNC1CCN(C(=O)N(C)C)CC1. The molecule has 0 atom stereocenters. The maximum Gasteiger partial charge on any atom is 0.319 e. The molecule has 1 aliphatic heterocycles. The Balaban J connectivity index is 2.12. The number of nitrogens with one attached hydrogen (secondary N) is 1. The van der Waals surface area contributed by atoms with Crippen LogP contribution >= 0.6 is 0 Å². The highest BCUT2D eigenvalue weighted by atomic mass is 16.5. The Morgan fingerprint density at radius 1 is 1.25 bits per heavy atom. The Bertz CT molecular complexity index is 278. The zero-order valence-electron chi connectivity index (χ0n) is 13.4. The molecular formula is C14H30N4O2. The van der Waals surface area contributed by atoms with Crippen LogP contribution in [0.3, 0.4) is 0 Å². The molecule has 0 aromatic carbocycles. The number of likely N-dealkylation sites (N-methyl/N-ethyl adjacent to an activating group) is 1. The zero-order chi connectivity index (χ0) is 15.0. The second-order valence-electron chi connectivity index (χ2n) is 5.69. The summed E-state index contributed by atoms with van der Waals surface area (Å²) in [7, 11) is 7.46. The molecule has 6 heteroatoms. The predicted molar refractivity (Wildman–Crippen MR) is 81.1 cm³/mol. The van der Waals surface area contributed by atoms with E-state index in [1.807, 2.05) is 19.0 Å². The fourth-order valence-corrected chi connectivity index (χ4v) is 2.38. The van der Waals surface area contributed by atoms with Crippen molar-refractivity contribution in [3.63, 3.8) is 0 Å². The molecule has 2 amide bonds. The molecular weight excluding hydrogens is 256 g/mol. The van der Waals surface area contributed by atoms with E-state index in [0.29, 0.717) is 6.04 Å². The van der Waals surface area contributed by atoms with Gasteiger partial charge in [-0.05, 0) is 19.9 Å². The van der Waals surface area contributed by atoms with Gasteiger partial charge in [-0.15, -0.1) is 0 Å². The third-order valence-electron chi connectivity index (χ3n) is 3.75. The van der Waals surface area contributed by atoms with Crippen LogP contribution in [0.2, 0.25) is 0 Å². The minimum absolute atomic E-state index is 0.128. The number of hydrogen-bond acceptors (Lipinski definition) is 4. The molecule has 118 valence electrons. The van der Waals surface area contributed by atoms with Crippen LogP contribution in [-0.2, 0) is 4.74 Å². The molecule has 0 radical (unpaired) electrons. The van der Waals surface area contributed by atoms with Gasteiger partial charge in [0.15, 0.2) is 0 Å². The summed E-state index contributed by atoms with van der Waals surface area (Å²) in [5.74, 6) is 0. The Morgan fingerprint density at radius 2 is 1.90 bits per heavy atom. The van der Waals surface area contributed by atoms with Gasteiger partial charge >= 0.3 is 6.03 Å². The van der Waals surface area contributed by atoms with Crippen LogP contribution in [0.15, 0.2) is 0 Å². The second kappa shape index (κ2) is 9.15. The maximum absolute atomic E-state index is 11.8. The second-order valence-corrected chi connectivity index (χ2v) is 5.69. The van der Waals surface area contributed by atoms with Gasteiger partial charge in [0.1, 0.15) is 0 Å². The van der Waals surface area contributed by atoms with Crippen LogP contribution in [-0.4, -0.2) is 94.4 Å². The summed E-state index contributed by atoms with van der Waals surface area (Å²) in [6.45, 7) is 5.48. The number of rotatable bonds is 7. The van der Waals surface area contributed by atoms with E-state index in [1.165, 1.54) is 0 Å². The fourth-order valence-electron chi connectivity index (χ4n) is 2.38. The number of carbonyl (C=O) groups is 1. The summed E-state index contributed by atoms with van der Waals surface area (Å²) < 4.78 is 5.06. The molecule has 0 unspecified atom stereocenters. The first-order valence-corrected chi connectivity index (χ1v) is 7.41. The monoisotopic (exact) mass is 286 g/mol. The predicted octanol–water partition coefficient (Wildman–Crippen LogP) is 0.300.